The van der Waals surface area contributed by atoms with Gasteiger partial charge in [-0.1, -0.05) is 449 Å². The Morgan fingerprint density at radius 3 is 0.690 bits per heavy atom. The fraction of sp³-hybridized carbons (Fsp3) is 0.938. The van der Waals surface area contributed by atoms with Crippen LogP contribution < -0.4 is 5.32 Å². The average Bonchev–Trinajstić information content (AvgIpc) is 3.51. The zero-order valence-electron chi connectivity index (χ0n) is 58.0. The molecule has 0 bridgehead atoms. The van der Waals surface area contributed by atoms with Crippen LogP contribution in [0.15, 0.2) is 24.3 Å². The first-order valence-corrected chi connectivity index (χ1v) is 39.6. The van der Waals surface area contributed by atoms with Gasteiger partial charge in [-0.15, -0.1) is 0 Å². The van der Waals surface area contributed by atoms with Crippen LogP contribution in [0.2, 0.25) is 0 Å². The first-order valence-electron chi connectivity index (χ1n) is 39.6. The molecule has 0 aromatic heterocycles. The first kappa shape index (κ1) is 82.9. The van der Waals surface area contributed by atoms with Gasteiger partial charge in [0.1, 0.15) is 0 Å². The third-order valence-electron chi connectivity index (χ3n) is 18.9. The Morgan fingerprint density at radius 1 is 0.274 bits per heavy atom. The molecule has 3 N–H and O–H groups in total. The summed E-state index contributed by atoms with van der Waals surface area (Å²) in [5.74, 6) is -0.0629. The molecule has 0 aliphatic heterocycles. The summed E-state index contributed by atoms with van der Waals surface area (Å²) in [6.45, 7) is 4.36. The van der Waals surface area contributed by atoms with Crippen LogP contribution in [0.3, 0.4) is 0 Å². The van der Waals surface area contributed by atoms with E-state index in [9.17, 15) is 15.0 Å². The number of rotatable bonds is 75. The lowest BCUT2D eigenvalue weighted by Crippen LogP contribution is -2.45. The molecule has 0 aliphatic rings. The van der Waals surface area contributed by atoms with Gasteiger partial charge in [-0.3, -0.25) is 4.79 Å². The Balaban J connectivity index is 3.38. The molecule has 4 heteroatoms. The maximum Gasteiger partial charge on any atom is 0.220 e. The molecule has 0 heterocycles. The zero-order chi connectivity index (χ0) is 60.5. The second-order valence-corrected chi connectivity index (χ2v) is 27.5. The van der Waals surface area contributed by atoms with Gasteiger partial charge in [0, 0.05) is 6.42 Å². The van der Waals surface area contributed by atoms with Gasteiger partial charge >= 0.3 is 0 Å². The highest BCUT2D eigenvalue weighted by atomic mass is 16.3. The van der Waals surface area contributed by atoms with Crippen LogP contribution in [0, 0.1) is 0 Å². The lowest BCUT2D eigenvalue weighted by atomic mass is 10.0. The molecule has 0 aromatic rings. The van der Waals surface area contributed by atoms with Gasteiger partial charge in [0.2, 0.25) is 5.91 Å². The molecule has 2 unspecified atom stereocenters. The fourth-order valence-corrected chi connectivity index (χ4v) is 13.0. The number of aliphatic hydroxyl groups is 2. The second kappa shape index (κ2) is 76.1. The van der Waals surface area contributed by atoms with Gasteiger partial charge in [0.25, 0.3) is 0 Å². The van der Waals surface area contributed by atoms with E-state index in [4.69, 9.17) is 0 Å². The van der Waals surface area contributed by atoms with Crippen LogP contribution >= 0.6 is 0 Å². The van der Waals surface area contributed by atoms with E-state index in [1.54, 1.807) is 6.08 Å². The summed E-state index contributed by atoms with van der Waals surface area (Å²) in [7, 11) is 0. The lowest BCUT2D eigenvalue weighted by molar-refractivity contribution is -0.123. The minimum Gasteiger partial charge on any atom is -0.394 e. The summed E-state index contributed by atoms with van der Waals surface area (Å²) in [5.41, 5.74) is 0. The van der Waals surface area contributed by atoms with Crippen LogP contribution in [-0.2, 0) is 4.79 Å². The van der Waals surface area contributed by atoms with Crippen molar-refractivity contribution in [2.24, 2.45) is 0 Å². The van der Waals surface area contributed by atoms with E-state index in [1.807, 2.05) is 6.08 Å². The Kier molecular flexibility index (Phi) is 75.1. The summed E-state index contributed by atoms with van der Waals surface area (Å²) in [5, 5.41) is 23.3. The molecule has 2 atom stereocenters. The molecule has 0 saturated heterocycles. The van der Waals surface area contributed by atoms with Crippen LogP contribution in [0.4, 0.5) is 0 Å². The zero-order valence-corrected chi connectivity index (χ0v) is 58.0. The third kappa shape index (κ3) is 71.6. The maximum absolute atomic E-state index is 12.6. The van der Waals surface area contributed by atoms with E-state index in [2.05, 4.69) is 31.3 Å². The van der Waals surface area contributed by atoms with E-state index >= 15 is 0 Å². The standard InChI is InChI=1S/C80H157NO3/c1-3-5-7-9-11-13-15-17-19-21-23-25-27-29-31-33-35-36-37-38-39-40-41-42-43-44-46-48-50-52-54-56-58-60-62-64-66-68-70-72-74-76-80(84)81-78(77-82)79(83)75-73-71-69-67-65-63-61-59-57-55-53-51-49-47-45-34-32-30-28-26-24-22-20-18-16-14-12-10-8-6-4-2/h65,67,73,75,78-79,82-83H,3-64,66,68-72,74,76-77H2,1-2H3,(H,81,84)/b67-65+,75-73+. The molecule has 0 aromatic carbocycles. The van der Waals surface area contributed by atoms with Crippen LogP contribution in [0.25, 0.3) is 0 Å². The first-order chi connectivity index (χ1) is 41.7. The van der Waals surface area contributed by atoms with Gasteiger partial charge < -0.3 is 15.5 Å². The van der Waals surface area contributed by atoms with Crippen molar-refractivity contribution in [2.75, 3.05) is 6.61 Å². The van der Waals surface area contributed by atoms with E-state index in [0.717, 1.165) is 32.1 Å². The molecule has 1 amide bonds. The van der Waals surface area contributed by atoms with Crippen molar-refractivity contribution in [3.8, 4) is 0 Å². The van der Waals surface area contributed by atoms with Crippen LogP contribution in [-0.4, -0.2) is 34.9 Å². The molecule has 0 fully saturated rings. The highest BCUT2D eigenvalue weighted by Crippen LogP contribution is 2.21. The molecular weight excluding hydrogens is 1020 g/mol. The summed E-state index contributed by atoms with van der Waals surface area (Å²) in [6, 6.07) is -0.639. The molecule has 4 nitrogen and oxygen atoms in total. The van der Waals surface area contributed by atoms with Crippen molar-refractivity contribution in [3.05, 3.63) is 24.3 Å². The predicted octanol–water partition coefficient (Wildman–Crippen LogP) is 27.3. The molecule has 0 radical (unpaired) electrons. The van der Waals surface area contributed by atoms with Crippen molar-refractivity contribution in [3.63, 3.8) is 0 Å². The quantitative estimate of drug-likeness (QED) is 0.0420. The van der Waals surface area contributed by atoms with E-state index in [1.165, 1.54) is 411 Å². The summed E-state index contributed by atoms with van der Waals surface area (Å²) >= 11 is 0. The molecule has 0 aliphatic carbocycles. The molecule has 0 saturated carbocycles. The van der Waals surface area contributed by atoms with Gasteiger partial charge in [-0.05, 0) is 32.1 Å². The Morgan fingerprint density at radius 2 is 0.464 bits per heavy atom. The molecule has 0 rings (SSSR count). The minimum absolute atomic E-state index is 0.0629. The number of hydrogen-bond donors (Lipinski definition) is 3. The predicted molar refractivity (Wildman–Crippen MR) is 378 cm³/mol. The monoisotopic (exact) mass is 1180 g/mol. The summed E-state index contributed by atoms with van der Waals surface area (Å²) < 4.78 is 0. The van der Waals surface area contributed by atoms with Crippen molar-refractivity contribution >= 4 is 5.91 Å². The fourth-order valence-electron chi connectivity index (χ4n) is 13.0. The highest BCUT2D eigenvalue weighted by Gasteiger charge is 2.18. The van der Waals surface area contributed by atoms with Crippen molar-refractivity contribution in [1.29, 1.82) is 0 Å². The summed E-state index contributed by atoms with van der Waals surface area (Å²) in [6.07, 6.45) is 105. The van der Waals surface area contributed by atoms with E-state index in [-0.39, 0.29) is 12.5 Å². The normalized spacial score (nSPS) is 12.7. The molecule has 0 spiro atoms. The van der Waals surface area contributed by atoms with Gasteiger partial charge in [-0.2, -0.15) is 0 Å². The van der Waals surface area contributed by atoms with E-state index in [0.29, 0.717) is 6.42 Å². The number of amides is 1. The second-order valence-electron chi connectivity index (χ2n) is 27.5. The van der Waals surface area contributed by atoms with E-state index < -0.39 is 12.1 Å². The van der Waals surface area contributed by atoms with Crippen molar-refractivity contribution < 1.29 is 15.0 Å². The SMILES string of the molecule is CCCCCCCCCCCCCCCCCCCCCCCCCCC/C=C/CC/C=C/C(O)C(CO)NC(=O)CCCCCCCCCCCCCCCCCCCCCCCCCCCCCCCCCCCCCCCCCCC. The van der Waals surface area contributed by atoms with Gasteiger partial charge in [0.05, 0.1) is 18.8 Å². The number of hydrogen-bond acceptors (Lipinski definition) is 3. The Bertz CT molecular complexity index is 1250. The third-order valence-corrected chi connectivity index (χ3v) is 18.9. The Labute approximate surface area is 529 Å². The smallest absolute Gasteiger partial charge is 0.220 e. The number of unbranched alkanes of at least 4 members (excludes halogenated alkanes) is 66. The van der Waals surface area contributed by atoms with Crippen molar-refractivity contribution in [2.45, 2.75) is 475 Å². The minimum atomic E-state index is -0.862. The number of aliphatic hydroxyl groups excluding tert-OH is 2. The van der Waals surface area contributed by atoms with Crippen LogP contribution in [0.5, 0.6) is 0 Å². The largest absolute Gasteiger partial charge is 0.394 e. The molecular formula is C80H157NO3. The van der Waals surface area contributed by atoms with Gasteiger partial charge in [0.15, 0.2) is 0 Å². The number of carbonyl (C=O) groups is 1. The van der Waals surface area contributed by atoms with Crippen LogP contribution in [0.1, 0.15) is 463 Å². The number of carbonyl (C=O) groups excluding carboxylic acids is 1. The Hall–Kier alpha value is -1.13. The maximum atomic E-state index is 12.6. The summed E-state index contributed by atoms with van der Waals surface area (Å²) in [4.78, 5) is 12.6. The lowest BCUT2D eigenvalue weighted by Gasteiger charge is -2.19. The molecule has 84 heavy (non-hydrogen) atoms. The number of nitrogens with one attached hydrogen (secondary N) is 1. The molecule has 500 valence electrons. The topological polar surface area (TPSA) is 69.6 Å². The number of allylic oxidation sites excluding steroid dienone is 3. The van der Waals surface area contributed by atoms with Gasteiger partial charge in [-0.25, -0.2) is 0 Å². The average molecular weight is 1180 g/mol. The van der Waals surface area contributed by atoms with Crippen molar-refractivity contribution in [1.82, 2.24) is 5.32 Å². The highest BCUT2D eigenvalue weighted by molar-refractivity contribution is 5.76.